The molecule has 0 amide bonds. The lowest BCUT2D eigenvalue weighted by molar-refractivity contribution is -0.274. The third-order valence-corrected chi connectivity index (χ3v) is 7.91. The Hall–Kier alpha value is -4.77. The maximum atomic E-state index is 15.2. The zero-order chi connectivity index (χ0) is 33.6. The molecule has 0 aliphatic rings. The van der Waals surface area contributed by atoms with Crippen molar-refractivity contribution >= 4 is 9.84 Å². The van der Waals surface area contributed by atoms with E-state index in [0.717, 1.165) is 35.2 Å². The Balaban J connectivity index is 1.72. The fourth-order valence-corrected chi connectivity index (χ4v) is 5.71. The Morgan fingerprint density at radius 3 is 2.15 bits per heavy atom. The summed E-state index contributed by atoms with van der Waals surface area (Å²) in [4.78, 5) is 3.30. The Morgan fingerprint density at radius 2 is 1.57 bits per heavy atom. The number of methoxy groups -OCH3 is 1. The summed E-state index contributed by atoms with van der Waals surface area (Å²) in [6.45, 7) is 1.02. The third-order valence-electron chi connectivity index (χ3n) is 6.74. The summed E-state index contributed by atoms with van der Waals surface area (Å²) in [6.07, 6.45) is -6.73. The number of imidazole rings is 1. The van der Waals surface area contributed by atoms with Crippen LogP contribution in [0.25, 0.3) is 33.8 Å². The first-order valence-corrected chi connectivity index (χ1v) is 14.9. The molecule has 0 spiro atoms. The highest BCUT2D eigenvalue weighted by Crippen LogP contribution is 2.36. The van der Waals surface area contributed by atoms with Gasteiger partial charge in [-0.2, -0.15) is 13.2 Å². The summed E-state index contributed by atoms with van der Waals surface area (Å²) in [6, 6.07) is 11.3. The molecular formula is C29H22F7N5O4S. The van der Waals surface area contributed by atoms with Crippen molar-refractivity contribution in [2.45, 2.75) is 31.0 Å². The number of hydrogen-bond donors (Lipinski definition) is 0. The summed E-state index contributed by atoms with van der Waals surface area (Å²) >= 11 is 0. The summed E-state index contributed by atoms with van der Waals surface area (Å²) in [5.41, 5.74) is -0.267. The van der Waals surface area contributed by atoms with Crippen LogP contribution in [0.15, 0.2) is 71.9 Å². The molecule has 0 unspecified atom stereocenters. The van der Waals surface area contributed by atoms with Crippen LogP contribution in [0, 0.1) is 12.7 Å². The van der Waals surface area contributed by atoms with Crippen LogP contribution in [0.3, 0.4) is 0 Å². The SMILES string of the molecule is COCc1c(F)cc(-c2ccc(-n3cc(C(F)(F)F)nc3C)c(-n3nncc3-c3ccc(OC(F)(F)F)cc3)c2)cc1S(C)(=O)=O. The summed E-state index contributed by atoms with van der Waals surface area (Å²) in [5, 5.41) is 7.97. The molecule has 0 atom stereocenters. The number of nitrogens with zero attached hydrogens (tertiary/aromatic N) is 5. The van der Waals surface area contributed by atoms with Gasteiger partial charge in [0.05, 0.1) is 34.8 Å². The van der Waals surface area contributed by atoms with Crippen molar-refractivity contribution in [1.29, 1.82) is 0 Å². The minimum Gasteiger partial charge on any atom is -0.406 e. The second-order valence-electron chi connectivity index (χ2n) is 9.99. The predicted octanol–water partition coefficient (Wildman–Crippen LogP) is 6.70. The van der Waals surface area contributed by atoms with Gasteiger partial charge in [0, 0.05) is 30.7 Å². The highest BCUT2D eigenvalue weighted by Gasteiger charge is 2.35. The topological polar surface area (TPSA) is 101 Å². The lowest BCUT2D eigenvalue weighted by Crippen LogP contribution is -2.16. The first-order valence-electron chi connectivity index (χ1n) is 13.0. The van der Waals surface area contributed by atoms with Crippen molar-refractivity contribution in [3.8, 4) is 39.5 Å². The molecule has 0 fully saturated rings. The number of sulfone groups is 1. The second-order valence-corrected chi connectivity index (χ2v) is 12.0. The number of benzene rings is 3. The van der Waals surface area contributed by atoms with E-state index in [1.807, 2.05) is 0 Å². The van der Waals surface area contributed by atoms with E-state index in [4.69, 9.17) is 4.74 Å². The summed E-state index contributed by atoms with van der Waals surface area (Å²) in [5.74, 6) is -1.41. The van der Waals surface area contributed by atoms with Crippen LogP contribution < -0.4 is 4.74 Å². The lowest BCUT2D eigenvalue weighted by atomic mass is 10.0. The fraction of sp³-hybridized carbons (Fsp3) is 0.207. The Kier molecular flexibility index (Phi) is 8.41. The molecule has 2 heterocycles. The van der Waals surface area contributed by atoms with Gasteiger partial charge >= 0.3 is 12.5 Å². The molecule has 3 aromatic carbocycles. The monoisotopic (exact) mass is 669 g/mol. The number of halogens is 7. The second kappa shape index (κ2) is 11.9. The Labute approximate surface area is 256 Å². The van der Waals surface area contributed by atoms with Gasteiger partial charge in [-0.25, -0.2) is 22.5 Å². The van der Waals surface area contributed by atoms with Crippen molar-refractivity contribution in [2.24, 2.45) is 0 Å². The largest absolute Gasteiger partial charge is 0.573 e. The minimum atomic E-state index is -4.92. The molecular weight excluding hydrogens is 647 g/mol. The van der Waals surface area contributed by atoms with E-state index in [-0.39, 0.29) is 51.1 Å². The molecule has 0 aliphatic carbocycles. The van der Waals surface area contributed by atoms with Gasteiger partial charge in [0.2, 0.25) is 0 Å². The number of hydrogen-bond acceptors (Lipinski definition) is 7. The number of aromatic nitrogens is 5. The van der Waals surface area contributed by atoms with Gasteiger partial charge < -0.3 is 14.0 Å². The standard InChI is InChI=1S/C29H22F7N5O4S/c1-16-38-27(28(31,32)33)14-40(16)23-9-6-18(19-10-22(30)21(15-44-2)26(12-19)46(3,42)43)11-24(23)41-25(13-37-39-41)17-4-7-20(8-5-17)45-29(34,35)36/h4-14H,15H2,1-3H3. The van der Waals surface area contributed by atoms with Crippen LogP contribution >= 0.6 is 0 Å². The highest BCUT2D eigenvalue weighted by atomic mass is 32.2. The third kappa shape index (κ3) is 6.74. The van der Waals surface area contributed by atoms with Crippen molar-refractivity contribution in [2.75, 3.05) is 13.4 Å². The van der Waals surface area contributed by atoms with Crippen LogP contribution in [-0.2, 0) is 27.4 Å². The van der Waals surface area contributed by atoms with Gasteiger partial charge in [-0.3, -0.25) is 0 Å². The van der Waals surface area contributed by atoms with E-state index in [0.29, 0.717) is 5.56 Å². The first-order chi connectivity index (χ1) is 21.5. The average molecular weight is 670 g/mol. The van der Waals surface area contributed by atoms with Crippen LogP contribution in [0.4, 0.5) is 30.7 Å². The summed E-state index contributed by atoms with van der Waals surface area (Å²) < 4.78 is 130. The molecule has 0 saturated heterocycles. The van der Waals surface area contributed by atoms with E-state index < -0.39 is 39.6 Å². The van der Waals surface area contributed by atoms with E-state index in [1.165, 1.54) is 61.3 Å². The zero-order valence-electron chi connectivity index (χ0n) is 24.0. The van der Waals surface area contributed by atoms with Crippen molar-refractivity contribution < 1.29 is 48.6 Å². The van der Waals surface area contributed by atoms with E-state index in [2.05, 4.69) is 20.0 Å². The number of aryl methyl sites for hydroxylation is 1. The molecule has 0 saturated carbocycles. The van der Waals surface area contributed by atoms with Gasteiger partial charge in [-0.1, -0.05) is 11.3 Å². The maximum absolute atomic E-state index is 15.2. The quantitative estimate of drug-likeness (QED) is 0.170. The molecule has 0 bridgehead atoms. The molecule has 0 N–H and O–H groups in total. The minimum absolute atomic E-state index is 0.0500. The van der Waals surface area contributed by atoms with Crippen LogP contribution in [0.2, 0.25) is 0 Å². The average Bonchev–Trinajstić information content (AvgIpc) is 3.60. The van der Waals surface area contributed by atoms with Gasteiger partial charge in [0.15, 0.2) is 15.5 Å². The molecule has 9 nitrogen and oxygen atoms in total. The molecule has 17 heteroatoms. The van der Waals surface area contributed by atoms with Crippen LogP contribution in [-0.4, -0.2) is 52.7 Å². The molecule has 5 aromatic rings. The molecule has 2 aromatic heterocycles. The fourth-order valence-electron chi connectivity index (χ4n) is 4.76. The maximum Gasteiger partial charge on any atom is 0.573 e. The zero-order valence-corrected chi connectivity index (χ0v) is 24.8. The molecule has 242 valence electrons. The molecule has 5 rings (SSSR count). The van der Waals surface area contributed by atoms with Gasteiger partial charge in [0.25, 0.3) is 0 Å². The van der Waals surface area contributed by atoms with Crippen molar-refractivity contribution in [1.82, 2.24) is 24.5 Å². The predicted molar refractivity (Wildman–Crippen MR) is 150 cm³/mol. The summed E-state index contributed by atoms with van der Waals surface area (Å²) in [7, 11) is -2.66. The van der Waals surface area contributed by atoms with Gasteiger partial charge in [0.1, 0.15) is 17.4 Å². The first kappa shape index (κ1) is 32.6. The molecule has 46 heavy (non-hydrogen) atoms. The van der Waals surface area contributed by atoms with E-state index in [1.54, 1.807) is 0 Å². The van der Waals surface area contributed by atoms with Gasteiger partial charge in [-0.15, -0.1) is 18.3 Å². The van der Waals surface area contributed by atoms with E-state index >= 15 is 4.39 Å². The van der Waals surface area contributed by atoms with Crippen molar-refractivity contribution in [3.63, 3.8) is 0 Å². The normalized spacial score (nSPS) is 12.5. The van der Waals surface area contributed by atoms with E-state index in [9.17, 15) is 34.8 Å². The smallest absolute Gasteiger partial charge is 0.406 e. The van der Waals surface area contributed by atoms with Crippen LogP contribution in [0.5, 0.6) is 5.75 Å². The Bertz CT molecular complexity index is 2020. The number of ether oxygens (including phenoxy) is 2. The number of rotatable bonds is 8. The molecule has 0 radical (unpaired) electrons. The van der Waals surface area contributed by atoms with Gasteiger partial charge in [-0.05, 0) is 66.6 Å². The van der Waals surface area contributed by atoms with Crippen LogP contribution in [0.1, 0.15) is 17.1 Å². The van der Waals surface area contributed by atoms with Crippen molar-refractivity contribution in [3.05, 3.63) is 89.9 Å². The number of alkyl halides is 6. The highest BCUT2D eigenvalue weighted by molar-refractivity contribution is 7.90. The Morgan fingerprint density at radius 1 is 0.891 bits per heavy atom. The lowest BCUT2D eigenvalue weighted by Gasteiger charge is -2.17. The molecule has 0 aliphatic heterocycles.